The van der Waals surface area contributed by atoms with E-state index in [0.717, 1.165) is 59.4 Å². The normalized spacial score (nSPS) is 21.1. The molecular formula is C33H42N4O2. The maximum Gasteiger partial charge on any atom is 0.243 e. The topological polar surface area (TPSA) is 58.4 Å². The highest BCUT2D eigenvalue weighted by molar-refractivity contribution is 5.98. The Morgan fingerprint density at radius 1 is 0.872 bits per heavy atom. The highest BCUT2D eigenvalue weighted by atomic mass is 16.2. The van der Waals surface area contributed by atoms with Crippen molar-refractivity contribution in [2.75, 3.05) is 11.4 Å². The minimum Gasteiger partial charge on any atom is -0.335 e. The number of rotatable bonds is 6. The second-order valence-electron chi connectivity index (χ2n) is 12.1. The van der Waals surface area contributed by atoms with Crippen molar-refractivity contribution in [3.05, 3.63) is 59.4 Å². The molecule has 3 fully saturated rings. The Balaban J connectivity index is 1.33. The molecule has 1 saturated heterocycles. The highest BCUT2D eigenvalue weighted by Crippen LogP contribution is 2.37. The van der Waals surface area contributed by atoms with Crippen LogP contribution in [0.5, 0.6) is 0 Å². The van der Waals surface area contributed by atoms with Gasteiger partial charge in [0.15, 0.2) is 0 Å². The van der Waals surface area contributed by atoms with Gasteiger partial charge in [-0.05, 0) is 62.8 Å². The predicted molar refractivity (Wildman–Crippen MR) is 156 cm³/mol. The molecule has 2 amide bonds. The summed E-state index contributed by atoms with van der Waals surface area (Å²) < 4.78 is 2.14. The van der Waals surface area contributed by atoms with Gasteiger partial charge in [-0.25, -0.2) is 4.98 Å². The number of hydrogen-bond donors (Lipinski definition) is 0. The molecule has 6 nitrogen and oxygen atoms in total. The first-order valence-electron chi connectivity index (χ1n) is 15.1. The summed E-state index contributed by atoms with van der Waals surface area (Å²) in [6.45, 7) is 5.04. The van der Waals surface area contributed by atoms with E-state index in [1.807, 2.05) is 29.2 Å². The molecule has 2 aromatic carbocycles. The van der Waals surface area contributed by atoms with Crippen LogP contribution in [-0.2, 0) is 16.1 Å². The number of carbonyl (C=O) groups excluding carboxylic acids is 2. The quantitative estimate of drug-likeness (QED) is 0.361. The van der Waals surface area contributed by atoms with Crippen LogP contribution in [0.15, 0.2) is 42.5 Å². The number of anilines is 1. The van der Waals surface area contributed by atoms with Crippen molar-refractivity contribution >= 4 is 28.5 Å². The number of carbonyl (C=O) groups is 2. The molecule has 0 bridgehead atoms. The van der Waals surface area contributed by atoms with Crippen LogP contribution in [0.3, 0.4) is 0 Å². The van der Waals surface area contributed by atoms with Gasteiger partial charge in [-0.3, -0.25) is 9.59 Å². The summed E-state index contributed by atoms with van der Waals surface area (Å²) in [7, 11) is 0. The van der Waals surface area contributed by atoms with Gasteiger partial charge in [-0.2, -0.15) is 0 Å². The number of aryl methyl sites for hydroxylation is 2. The average molecular weight is 527 g/mol. The van der Waals surface area contributed by atoms with Gasteiger partial charge >= 0.3 is 0 Å². The zero-order chi connectivity index (χ0) is 26.9. The molecule has 6 heteroatoms. The monoisotopic (exact) mass is 526 g/mol. The third kappa shape index (κ3) is 5.10. The zero-order valence-electron chi connectivity index (χ0n) is 23.6. The molecule has 0 radical (unpaired) electrons. The third-order valence-corrected chi connectivity index (χ3v) is 9.40. The van der Waals surface area contributed by atoms with Gasteiger partial charge in [0.2, 0.25) is 11.8 Å². The maximum atomic E-state index is 14.3. The lowest BCUT2D eigenvalue weighted by Crippen LogP contribution is -2.50. The van der Waals surface area contributed by atoms with Gasteiger partial charge in [0.25, 0.3) is 0 Å². The molecule has 2 saturated carbocycles. The van der Waals surface area contributed by atoms with Crippen molar-refractivity contribution in [2.24, 2.45) is 0 Å². The number of imidazole rings is 1. The smallest absolute Gasteiger partial charge is 0.243 e. The molecule has 6 rings (SSSR count). The SMILES string of the molecule is Cc1cccc(C)c1N1CC(c2nc3ccccc3n2CC(=O)N(C2CCCCC2)C2CCCCC2)CC1=O. The summed E-state index contributed by atoms with van der Waals surface area (Å²) in [5, 5.41) is 0. The van der Waals surface area contributed by atoms with E-state index in [4.69, 9.17) is 4.98 Å². The molecule has 1 aliphatic heterocycles. The van der Waals surface area contributed by atoms with Crippen molar-refractivity contribution in [1.29, 1.82) is 0 Å². The van der Waals surface area contributed by atoms with E-state index in [9.17, 15) is 9.59 Å². The number of hydrogen-bond acceptors (Lipinski definition) is 3. The van der Waals surface area contributed by atoms with Crippen molar-refractivity contribution in [1.82, 2.24) is 14.5 Å². The fourth-order valence-corrected chi connectivity index (χ4v) is 7.54. The van der Waals surface area contributed by atoms with E-state index < -0.39 is 0 Å². The van der Waals surface area contributed by atoms with E-state index >= 15 is 0 Å². The van der Waals surface area contributed by atoms with Gasteiger partial charge in [0.1, 0.15) is 12.4 Å². The van der Waals surface area contributed by atoms with Crippen LogP contribution in [0.4, 0.5) is 5.69 Å². The summed E-state index contributed by atoms with van der Waals surface area (Å²) in [4.78, 5) is 36.9. The maximum absolute atomic E-state index is 14.3. The van der Waals surface area contributed by atoms with Gasteiger partial charge in [-0.15, -0.1) is 0 Å². The van der Waals surface area contributed by atoms with E-state index in [-0.39, 0.29) is 17.7 Å². The van der Waals surface area contributed by atoms with Crippen LogP contribution >= 0.6 is 0 Å². The molecule has 1 unspecified atom stereocenters. The number of nitrogens with zero attached hydrogens (tertiary/aromatic N) is 4. The Kier molecular flexibility index (Phi) is 7.46. The van der Waals surface area contributed by atoms with Crippen LogP contribution in [-0.4, -0.2) is 44.9 Å². The molecule has 3 aromatic rings. The molecule has 1 atom stereocenters. The van der Waals surface area contributed by atoms with Gasteiger partial charge < -0.3 is 14.4 Å². The molecule has 1 aromatic heterocycles. The molecule has 206 valence electrons. The predicted octanol–water partition coefficient (Wildman–Crippen LogP) is 6.67. The van der Waals surface area contributed by atoms with Crippen molar-refractivity contribution in [2.45, 2.75) is 109 Å². The van der Waals surface area contributed by atoms with E-state index in [1.165, 1.54) is 38.5 Å². The fourth-order valence-electron chi connectivity index (χ4n) is 7.54. The largest absolute Gasteiger partial charge is 0.335 e. The van der Waals surface area contributed by atoms with E-state index in [1.54, 1.807) is 0 Å². The summed E-state index contributed by atoms with van der Waals surface area (Å²) >= 11 is 0. The molecule has 2 heterocycles. The lowest BCUT2D eigenvalue weighted by molar-refractivity contribution is -0.138. The Morgan fingerprint density at radius 3 is 2.13 bits per heavy atom. The van der Waals surface area contributed by atoms with Crippen LogP contribution in [0.2, 0.25) is 0 Å². The molecule has 0 N–H and O–H groups in total. The van der Waals surface area contributed by atoms with Crippen LogP contribution in [0, 0.1) is 13.8 Å². The number of benzene rings is 2. The second kappa shape index (κ2) is 11.1. The third-order valence-electron chi connectivity index (χ3n) is 9.40. The Labute approximate surface area is 232 Å². The Bertz CT molecular complexity index is 1310. The lowest BCUT2D eigenvalue weighted by Gasteiger charge is -2.42. The van der Waals surface area contributed by atoms with Crippen molar-refractivity contribution in [3.63, 3.8) is 0 Å². The zero-order valence-corrected chi connectivity index (χ0v) is 23.6. The van der Waals surface area contributed by atoms with Gasteiger partial charge in [0.05, 0.1) is 11.0 Å². The first-order chi connectivity index (χ1) is 19.0. The minimum absolute atomic E-state index is 0.0467. The molecule has 3 aliphatic rings. The van der Waals surface area contributed by atoms with Crippen molar-refractivity contribution < 1.29 is 9.59 Å². The summed E-state index contributed by atoms with van der Waals surface area (Å²) in [5.41, 5.74) is 5.14. The van der Waals surface area contributed by atoms with Crippen LogP contribution in [0.25, 0.3) is 11.0 Å². The standard InChI is InChI=1S/C33H42N4O2/c1-23-12-11-13-24(2)32(23)36-21-25(20-30(36)38)33-34-28-18-9-10-19-29(28)35(33)22-31(39)37(26-14-5-3-6-15-26)27-16-7-4-8-17-27/h9-13,18-19,25-27H,3-8,14-17,20-22H2,1-2H3. The summed E-state index contributed by atoms with van der Waals surface area (Å²) in [5.74, 6) is 1.19. The second-order valence-corrected chi connectivity index (χ2v) is 12.1. The van der Waals surface area contributed by atoms with Crippen LogP contribution in [0.1, 0.15) is 93.5 Å². The fraction of sp³-hybridized carbons (Fsp3) is 0.545. The average Bonchev–Trinajstić information content (AvgIpc) is 3.50. The lowest BCUT2D eigenvalue weighted by atomic mass is 9.88. The first-order valence-corrected chi connectivity index (χ1v) is 15.1. The van der Waals surface area contributed by atoms with Crippen LogP contribution < -0.4 is 4.90 Å². The molecule has 0 spiro atoms. The Morgan fingerprint density at radius 2 is 1.49 bits per heavy atom. The van der Waals surface area contributed by atoms with Gasteiger partial charge in [0, 0.05) is 36.7 Å². The first kappa shape index (κ1) is 26.1. The summed E-state index contributed by atoms with van der Waals surface area (Å²) in [6, 6.07) is 15.0. The Hall–Kier alpha value is -3.15. The minimum atomic E-state index is -0.0467. The van der Waals surface area contributed by atoms with Crippen molar-refractivity contribution in [3.8, 4) is 0 Å². The number of para-hydroxylation sites is 3. The molecular weight excluding hydrogens is 484 g/mol. The van der Waals surface area contributed by atoms with E-state index in [2.05, 4.69) is 41.5 Å². The molecule has 2 aliphatic carbocycles. The summed E-state index contributed by atoms with van der Waals surface area (Å²) in [6.07, 6.45) is 12.4. The number of aromatic nitrogens is 2. The van der Waals surface area contributed by atoms with E-state index in [0.29, 0.717) is 31.6 Å². The highest BCUT2D eigenvalue weighted by Gasteiger charge is 2.37. The molecule has 39 heavy (non-hydrogen) atoms. The number of fused-ring (bicyclic) bond motifs is 1. The van der Waals surface area contributed by atoms with Gasteiger partial charge in [-0.1, -0.05) is 68.9 Å². The number of amides is 2.